The number of carbonyl (C=O) groups is 1. The van der Waals surface area contributed by atoms with E-state index in [0.29, 0.717) is 34.7 Å². The lowest BCUT2D eigenvalue weighted by atomic mass is 10.1. The number of nitrogens with zero attached hydrogens (tertiary/aromatic N) is 4. The van der Waals surface area contributed by atoms with Crippen molar-refractivity contribution in [2.45, 2.75) is 0 Å². The Morgan fingerprint density at radius 2 is 1.50 bits per heavy atom. The second kappa shape index (κ2) is 7.93. The molecule has 3 aromatic heterocycles. The number of carbonyl (C=O) groups excluding carboxylic acids is 1. The fraction of sp³-hybridized carbons (Fsp3) is 0.138. The topological polar surface area (TPSA) is 57.9 Å². The van der Waals surface area contributed by atoms with Crippen LogP contribution < -0.4 is 10.5 Å². The molecule has 0 atom stereocenters. The molecule has 7 rings (SSSR count). The number of amides is 1. The lowest BCUT2D eigenvalue weighted by Gasteiger charge is -2.36. The number of benzene rings is 3. The van der Waals surface area contributed by atoms with Crippen molar-refractivity contribution in [1.82, 2.24) is 14.3 Å². The molecule has 0 saturated carbocycles. The molecular weight excluding hydrogens is 472 g/mol. The van der Waals surface area contributed by atoms with E-state index in [9.17, 15) is 9.59 Å². The van der Waals surface area contributed by atoms with Gasteiger partial charge >= 0.3 is 0 Å². The normalized spacial score (nSPS) is 14.5. The number of halogens is 1. The van der Waals surface area contributed by atoms with E-state index >= 15 is 0 Å². The van der Waals surface area contributed by atoms with E-state index < -0.39 is 0 Å². The minimum Gasteiger partial charge on any atom is -0.368 e. The number of fused-ring (bicyclic) bond motifs is 5. The molecule has 1 aliphatic heterocycles. The summed E-state index contributed by atoms with van der Waals surface area (Å²) >= 11 is 6.17. The molecule has 0 unspecified atom stereocenters. The number of pyridine rings is 2. The number of anilines is 1. The zero-order chi connectivity index (χ0) is 24.4. The minimum absolute atomic E-state index is 0.0673. The molecule has 1 amide bonds. The summed E-state index contributed by atoms with van der Waals surface area (Å²) in [6.07, 6.45) is 0. The van der Waals surface area contributed by atoms with Crippen LogP contribution in [-0.2, 0) is 0 Å². The number of rotatable bonds is 2. The van der Waals surface area contributed by atoms with Crippen molar-refractivity contribution in [1.29, 1.82) is 0 Å². The van der Waals surface area contributed by atoms with E-state index in [0.717, 1.165) is 46.0 Å². The molecule has 0 aliphatic carbocycles. The van der Waals surface area contributed by atoms with Crippen molar-refractivity contribution < 1.29 is 4.79 Å². The fourth-order valence-electron chi connectivity index (χ4n) is 5.49. The molecule has 3 aromatic carbocycles. The van der Waals surface area contributed by atoms with E-state index in [1.54, 1.807) is 4.40 Å². The molecule has 176 valence electrons. The zero-order valence-electron chi connectivity index (χ0n) is 19.3. The van der Waals surface area contributed by atoms with E-state index in [1.807, 2.05) is 83.8 Å². The molecule has 6 nitrogen and oxygen atoms in total. The first-order chi connectivity index (χ1) is 17.6. The maximum Gasteiger partial charge on any atom is 0.272 e. The molecule has 1 fully saturated rings. The van der Waals surface area contributed by atoms with Crippen molar-refractivity contribution in [3.8, 4) is 0 Å². The predicted molar refractivity (Wildman–Crippen MR) is 145 cm³/mol. The monoisotopic (exact) mass is 492 g/mol. The first-order valence-electron chi connectivity index (χ1n) is 12.0. The average molecular weight is 493 g/mol. The van der Waals surface area contributed by atoms with E-state index in [4.69, 9.17) is 16.6 Å². The van der Waals surface area contributed by atoms with E-state index in [1.165, 1.54) is 0 Å². The van der Waals surface area contributed by atoms with Gasteiger partial charge in [-0.25, -0.2) is 4.98 Å². The smallest absolute Gasteiger partial charge is 0.272 e. The highest BCUT2D eigenvalue weighted by Gasteiger charge is 2.26. The van der Waals surface area contributed by atoms with Crippen LogP contribution in [0.1, 0.15) is 10.5 Å². The lowest BCUT2D eigenvalue weighted by Crippen LogP contribution is -2.49. The summed E-state index contributed by atoms with van der Waals surface area (Å²) in [4.78, 5) is 36.1. The highest BCUT2D eigenvalue weighted by molar-refractivity contribution is 6.30. The Balaban J connectivity index is 1.34. The summed E-state index contributed by atoms with van der Waals surface area (Å²) in [5.74, 6) is -0.0925. The van der Waals surface area contributed by atoms with E-state index in [2.05, 4.69) is 4.90 Å². The summed E-state index contributed by atoms with van der Waals surface area (Å²) < 4.78 is 1.74. The van der Waals surface area contributed by atoms with Gasteiger partial charge in [-0.1, -0.05) is 54.1 Å². The van der Waals surface area contributed by atoms with Crippen molar-refractivity contribution in [2.75, 3.05) is 31.1 Å². The second-order valence-electron chi connectivity index (χ2n) is 9.21. The first-order valence-corrected chi connectivity index (χ1v) is 12.4. The Kier molecular flexibility index (Phi) is 4.66. The summed E-state index contributed by atoms with van der Waals surface area (Å²) in [5, 5.41) is 3.88. The van der Waals surface area contributed by atoms with Crippen LogP contribution in [0.3, 0.4) is 0 Å². The third kappa shape index (κ3) is 3.08. The van der Waals surface area contributed by atoms with Gasteiger partial charge in [-0.15, -0.1) is 0 Å². The quantitative estimate of drug-likeness (QED) is 0.311. The summed E-state index contributed by atoms with van der Waals surface area (Å²) in [7, 11) is 0. The largest absolute Gasteiger partial charge is 0.368 e. The summed E-state index contributed by atoms with van der Waals surface area (Å²) in [5.41, 5.74) is 3.67. The van der Waals surface area contributed by atoms with Crippen LogP contribution in [0.25, 0.3) is 38.1 Å². The van der Waals surface area contributed by atoms with Crippen LogP contribution in [0.4, 0.5) is 5.69 Å². The highest BCUT2D eigenvalue weighted by Crippen LogP contribution is 2.34. The maximum atomic E-state index is 13.7. The molecule has 0 bridgehead atoms. The van der Waals surface area contributed by atoms with Crippen LogP contribution in [-0.4, -0.2) is 46.4 Å². The second-order valence-corrected chi connectivity index (χ2v) is 9.65. The van der Waals surface area contributed by atoms with Crippen LogP contribution in [0.2, 0.25) is 5.02 Å². The number of hydrogen-bond acceptors (Lipinski definition) is 4. The molecule has 0 N–H and O–H groups in total. The van der Waals surface area contributed by atoms with Gasteiger partial charge in [0.15, 0.2) is 0 Å². The first kappa shape index (κ1) is 21.1. The Hall–Kier alpha value is -4.16. The molecule has 4 heterocycles. The van der Waals surface area contributed by atoms with Crippen molar-refractivity contribution in [3.05, 3.63) is 99.9 Å². The molecule has 0 spiro atoms. The van der Waals surface area contributed by atoms with Gasteiger partial charge in [0.2, 0.25) is 0 Å². The Morgan fingerprint density at radius 3 is 2.28 bits per heavy atom. The van der Waals surface area contributed by atoms with Crippen molar-refractivity contribution in [3.63, 3.8) is 0 Å². The third-order valence-electron chi connectivity index (χ3n) is 7.23. The van der Waals surface area contributed by atoms with Crippen LogP contribution >= 0.6 is 11.6 Å². The van der Waals surface area contributed by atoms with Gasteiger partial charge in [0.25, 0.3) is 11.5 Å². The van der Waals surface area contributed by atoms with Crippen LogP contribution in [0.5, 0.6) is 0 Å². The standard InChI is InChI=1S/C29H21ClN4O2/c30-18-6-5-7-19(16-18)32-12-14-33(15-13-32)29(36)24-17-23-20-8-3-4-11-25(20)34-27(23)26(31-24)21-9-1-2-10-22(21)28(34)35/h1-11,16-17H,12-15H2. The Bertz CT molecular complexity index is 1870. The Labute approximate surface area is 211 Å². The Morgan fingerprint density at radius 1 is 0.778 bits per heavy atom. The maximum absolute atomic E-state index is 13.7. The number of hydrogen-bond donors (Lipinski definition) is 0. The van der Waals surface area contributed by atoms with Gasteiger partial charge in [0.05, 0.1) is 16.6 Å². The third-order valence-corrected chi connectivity index (χ3v) is 7.46. The zero-order valence-corrected chi connectivity index (χ0v) is 20.1. The van der Waals surface area contributed by atoms with Gasteiger partial charge in [-0.3, -0.25) is 14.0 Å². The summed E-state index contributed by atoms with van der Waals surface area (Å²) in [6.45, 7) is 2.63. The van der Waals surface area contributed by atoms with Gasteiger partial charge in [-0.2, -0.15) is 0 Å². The predicted octanol–water partition coefficient (Wildman–Crippen LogP) is 5.21. The molecule has 6 aromatic rings. The van der Waals surface area contributed by atoms with Gasteiger partial charge in [0.1, 0.15) is 5.69 Å². The number of piperazine rings is 1. The summed E-state index contributed by atoms with van der Waals surface area (Å²) in [6, 6.07) is 25.0. The van der Waals surface area contributed by atoms with Crippen LogP contribution in [0, 0.1) is 0 Å². The van der Waals surface area contributed by atoms with Crippen molar-refractivity contribution in [2.24, 2.45) is 0 Å². The molecule has 0 radical (unpaired) electrons. The van der Waals surface area contributed by atoms with Gasteiger partial charge in [0, 0.05) is 58.4 Å². The fourth-order valence-corrected chi connectivity index (χ4v) is 5.68. The minimum atomic E-state index is -0.0925. The van der Waals surface area contributed by atoms with Crippen molar-refractivity contribution >= 4 is 61.3 Å². The highest BCUT2D eigenvalue weighted by atomic mass is 35.5. The van der Waals surface area contributed by atoms with Crippen LogP contribution in [0.15, 0.2) is 83.7 Å². The SMILES string of the molecule is O=C(c1cc2c3ccccc3n3c(=O)c4ccccc4c(n1)c23)N1CCN(c2cccc(Cl)c2)CC1. The molecular formula is C29H21ClN4O2. The molecule has 1 saturated heterocycles. The molecule has 36 heavy (non-hydrogen) atoms. The van der Waals surface area contributed by atoms with Gasteiger partial charge < -0.3 is 9.80 Å². The van der Waals surface area contributed by atoms with E-state index in [-0.39, 0.29) is 11.5 Å². The number of aromatic nitrogens is 2. The average Bonchev–Trinajstić information content (AvgIpc) is 3.26. The van der Waals surface area contributed by atoms with Gasteiger partial charge in [-0.05, 0) is 36.4 Å². The lowest BCUT2D eigenvalue weighted by molar-refractivity contribution is 0.0741. The molecule has 7 heteroatoms. The number of para-hydroxylation sites is 1. The molecule has 1 aliphatic rings.